The minimum atomic E-state index is -0.143. The van der Waals surface area contributed by atoms with Gasteiger partial charge in [0.05, 0.1) is 30.9 Å². The lowest BCUT2D eigenvalue weighted by atomic mass is 10.2. The molecule has 2 aromatic carbocycles. The zero-order valence-corrected chi connectivity index (χ0v) is 17.7. The van der Waals surface area contributed by atoms with Gasteiger partial charge in [-0.15, -0.1) is 0 Å². The first-order valence-electron chi connectivity index (χ1n) is 9.72. The topological polar surface area (TPSA) is 86.1 Å². The summed E-state index contributed by atoms with van der Waals surface area (Å²) in [5, 5.41) is 3.20. The molecule has 0 aliphatic heterocycles. The molecule has 0 aliphatic rings. The number of nitrogens with one attached hydrogen (secondary N) is 2. The van der Waals surface area contributed by atoms with Crippen molar-refractivity contribution in [3.8, 4) is 28.6 Å². The summed E-state index contributed by atoms with van der Waals surface area (Å²) in [4.78, 5) is 21.5. The predicted molar refractivity (Wildman–Crippen MR) is 118 cm³/mol. The van der Waals surface area contributed by atoms with Gasteiger partial charge in [0, 0.05) is 31.3 Å². The molecule has 0 aliphatic carbocycles. The summed E-state index contributed by atoms with van der Waals surface area (Å²) < 4.78 is 14.4. The lowest BCUT2D eigenvalue weighted by Gasteiger charge is -2.18. The minimum absolute atomic E-state index is 0.0973. The third-order valence-electron chi connectivity index (χ3n) is 5.02. The molecule has 0 saturated carbocycles. The van der Waals surface area contributed by atoms with Crippen molar-refractivity contribution in [2.45, 2.75) is 19.9 Å². The van der Waals surface area contributed by atoms with Crippen LogP contribution >= 0.6 is 0 Å². The number of ether oxygens (including phenoxy) is 2. The fourth-order valence-electron chi connectivity index (χ4n) is 3.67. The quantitative estimate of drug-likeness (QED) is 0.507. The number of hydrogen-bond donors (Lipinski definition) is 2. The molecule has 0 fully saturated rings. The van der Waals surface area contributed by atoms with Gasteiger partial charge < -0.3 is 19.8 Å². The Morgan fingerprint density at radius 3 is 2.30 bits per heavy atom. The number of hydrogen-bond acceptors (Lipinski definition) is 5. The third kappa shape index (κ3) is 3.10. The van der Waals surface area contributed by atoms with Gasteiger partial charge in [0.15, 0.2) is 0 Å². The van der Waals surface area contributed by atoms with Crippen LogP contribution in [-0.2, 0) is 0 Å². The standard InChI is InChI=1S/C22H25N5O3/c1-13(2)26-22(28)19(20-24-17-8-6-7-9-18(17)25-20)21(23-3)27(26)14-10-15(29-4)12-16(11-14)30-5/h6-13,23H,1-5H3,(H,24,25). The van der Waals surface area contributed by atoms with E-state index in [-0.39, 0.29) is 11.6 Å². The number of nitrogens with zero attached hydrogens (tertiary/aromatic N) is 3. The minimum Gasteiger partial charge on any atom is -0.497 e. The van der Waals surface area contributed by atoms with Crippen LogP contribution in [0.3, 0.4) is 0 Å². The molecule has 8 nitrogen and oxygen atoms in total. The Morgan fingerprint density at radius 2 is 1.73 bits per heavy atom. The van der Waals surface area contributed by atoms with Crippen LogP contribution < -0.4 is 20.3 Å². The maximum atomic E-state index is 13.6. The molecule has 156 valence electrons. The number of H-pyrrole nitrogens is 1. The summed E-state index contributed by atoms with van der Waals surface area (Å²) in [6.45, 7) is 3.94. The molecule has 2 heterocycles. The zero-order valence-electron chi connectivity index (χ0n) is 17.7. The van der Waals surface area contributed by atoms with Crippen molar-refractivity contribution in [3.63, 3.8) is 0 Å². The number of anilines is 1. The maximum absolute atomic E-state index is 13.6. The maximum Gasteiger partial charge on any atom is 0.280 e. The van der Waals surface area contributed by atoms with E-state index in [1.807, 2.05) is 54.9 Å². The van der Waals surface area contributed by atoms with Crippen LogP contribution in [0, 0.1) is 0 Å². The van der Waals surface area contributed by atoms with Crippen molar-refractivity contribution < 1.29 is 9.47 Å². The van der Waals surface area contributed by atoms with E-state index in [9.17, 15) is 4.79 Å². The van der Waals surface area contributed by atoms with Gasteiger partial charge in [-0.05, 0) is 26.0 Å². The number of para-hydroxylation sites is 2. The lowest BCUT2D eigenvalue weighted by Crippen LogP contribution is -2.25. The fourth-order valence-corrected chi connectivity index (χ4v) is 3.67. The molecule has 0 unspecified atom stereocenters. The number of benzene rings is 2. The number of aromatic nitrogens is 4. The van der Waals surface area contributed by atoms with Gasteiger partial charge in [0.25, 0.3) is 5.56 Å². The molecule has 2 N–H and O–H groups in total. The van der Waals surface area contributed by atoms with Crippen molar-refractivity contribution in [3.05, 3.63) is 52.8 Å². The van der Waals surface area contributed by atoms with Gasteiger partial charge in [-0.3, -0.25) is 4.79 Å². The van der Waals surface area contributed by atoms with Crippen LogP contribution in [0.4, 0.5) is 5.82 Å². The second-order valence-electron chi connectivity index (χ2n) is 7.20. The second-order valence-corrected chi connectivity index (χ2v) is 7.20. The fraction of sp³-hybridized carbons (Fsp3) is 0.273. The molecule has 0 saturated heterocycles. The van der Waals surface area contributed by atoms with E-state index < -0.39 is 0 Å². The Labute approximate surface area is 174 Å². The van der Waals surface area contributed by atoms with Gasteiger partial charge in [-0.1, -0.05) is 12.1 Å². The van der Waals surface area contributed by atoms with Gasteiger partial charge in [0.1, 0.15) is 28.7 Å². The van der Waals surface area contributed by atoms with Crippen LogP contribution in [0.15, 0.2) is 47.3 Å². The molecule has 0 spiro atoms. The average molecular weight is 407 g/mol. The van der Waals surface area contributed by atoms with E-state index in [1.54, 1.807) is 32.0 Å². The summed E-state index contributed by atoms with van der Waals surface area (Å²) in [6.07, 6.45) is 0. The summed E-state index contributed by atoms with van der Waals surface area (Å²) in [5.74, 6) is 2.41. The van der Waals surface area contributed by atoms with Crippen molar-refractivity contribution in [2.24, 2.45) is 0 Å². The Morgan fingerprint density at radius 1 is 1.07 bits per heavy atom. The van der Waals surface area contributed by atoms with E-state index in [0.717, 1.165) is 16.7 Å². The van der Waals surface area contributed by atoms with Crippen molar-refractivity contribution in [1.82, 2.24) is 19.3 Å². The highest BCUT2D eigenvalue weighted by Gasteiger charge is 2.26. The SMILES string of the molecule is CNc1c(-c2nc3ccccc3[nH]2)c(=O)n(C(C)C)n1-c1cc(OC)cc(OC)c1. The first kappa shape index (κ1) is 19.6. The summed E-state index contributed by atoms with van der Waals surface area (Å²) in [7, 11) is 4.99. The Kier molecular flexibility index (Phi) is 4.99. The molecule has 8 heteroatoms. The third-order valence-corrected chi connectivity index (χ3v) is 5.02. The highest BCUT2D eigenvalue weighted by Crippen LogP contribution is 2.32. The molecule has 0 bridgehead atoms. The van der Waals surface area contributed by atoms with E-state index in [2.05, 4.69) is 15.3 Å². The van der Waals surface area contributed by atoms with Crippen LogP contribution in [0.5, 0.6) is 11.5 Å². The van der Waals surface area contributed by atoms with Crippen LogP contribution in [0.25, 0.3) is 28.1 Å². The van der Waals surface area contributed by atoms with Gasteiger partial charge in [0.2, 0.25) is 0 Å². The normalized spacial score (nSPS) is 11.3. The highest BCUT2D eigenvalue weighted by atomic mass is 16.5. The van der Waals surface area contributed by atoms with Crippen LogP contribution in [0.1, 0.15) is 19.9 Å². The summed E-state index contributed by atoms with van der Waals surface area (Å²) in [5.41, 5.74) is 2.75. The van der Waals surface area contributed by atoms with Crippen LogP contribution in [0.2, 0.25) is 0 Å². The molecule has 0 radical (unpaired) electrons. The van der Waals surface area contributed by atoms with Crippen molar-refractivity contribution in [1.29, 1.82) is 0 Å². The van der Waals surface area contributed by atoms with Crippen molar-refractivity contribution >= 4 is 16.9 Å². The molecule has 4 aromatic rings. The van der Waals surface area contributed by atoms with Gasteiger partial charge in [-0.2, -0.15) is 0 Å². The molecule has 30 heavy (non-hydrogen) atoms. The summed E-state index contributed by atoms with van der Waals surface area (Å²) in [6, 6.07) is 13.1. The predicted octanol–water partition coefficient (Wildman–Crippen LogP) is 3.82. The molecule has 2 aromatic heterocycles. The number of fused-ring (bicyclic) bond motifs is 1. The smallest absolute Gasteiger partial charge is 0.280 e. The average Bonchev–Trinajstić information content (AvgIpc) is 3.30. The number of methoxy groups -OCH3 is 2. The Bertz CT molecular complexity index is 1210. The number of rotatable bonds is 6. The van der Waals surface area contributed by atoms with Crippen molar-refractivity contribution in [2.75, 3.05) is 26.6 Å². The number of aromatic amines is 1. The number of imidazole rings is 1. The van der Waals surface area contributed by atoms with E-state index in [1.165, 1.54) is 0 Å². The monoisotopic (exact) mass is 407 g/mol. The first-order chi connectivity index (χ1) is 14.5. The first-order valence-corrected chi connectivity index (χ1v) is 9.72. The van der Waals surface area contributed by atoms with Gasteiger partial charge in [-0.25, -0.2) is 14.3 Å². The van der Waals surface area contributed by atoms with Gasteiger partial charge >= 0.3 is 0 Å². The zero-order chi connectivity index (χ0) is 21.4. The molecule has 4 rings (SSSR count). The molecular weight excluding hydrogens is 382 g/mol. The highest BCUT2D eigenvalue weighted by molar-refractivity contribution is 5.82. The second kappa shape index (κ2) is 7.62. The van der Waals surface area contributed by atoms with E-state index in [4.69, 9.17) is 9.47 Å². The lowest BCUT2D eigenvalue weighted by molar-refractivity contribution is 0.392. The summed E-state index contributed by atoms with van der Waals surface area (Å²) >= 11 is 0. The molecule has 0 amide bonds. The van der Waals surface area contributed by atoms with Crippen LogP contribution in [-0.4, -0.2) is 40.6 Å². The van der Waals surface area contributed by atoms with E-state index in [0.29, 0.717) is 28.7 Å². The largest absolute Gasteiger partial charge is 0.497 e. The van der Waals surface area contributed by atoms with E-state index >= 15 is 0 Å². The Balaban J connectivity index is 2.05. The molecular formula is C22H25N5O3. The molecule has 0 atom stereocenters. The Hall–Kier alpha value is -3.68.